The predicted octanol–water partition coefficient (Wildman–Crippen LogP) is -0.601. The van der Waals surface area contributed by atoms with Crippen LogP contribution in [0.5, 0.6) is 0 Å². The fourth-order valence-corrected chi connectivity index (χ4v) is 2.68. The summed E-state index contributed by atoms with van der Waals surface area (Å²) in [6, 6.07) is -0.418. The van der Waals surface area contributed by atoms with Crippen molar-refractivity contribution < 1.29 is 9.90 Å². The molecule has 1 amide bonds. The van der Waals surface area contributed by atoms with E-state index in [1.54, 1.807) is 0 Å². The molecule has 86 valence electrons. The zero-order chi connectivity index (χ0) is 11.9. The van der Waals surface area contributed by atoms with Gasteiger partial charge in [0.25, 0.3) is 0 Å². The van der Waals surface area contributed by atoms with Crippen molar-refractivity contribution in [2.45, 2.75) is 30.3 Å². The van der Waals surface area contributed by atoms with Crippen LogP contribution in [0.3, 0.4) is 0 Å². The summed E-state index contributed by atoms with van der Waals surface area (Å²) in [6.45, 7) is 4.06. The molecule has 1 heterocycles. The Hall–Kier alpha value is -0.375. The van der Waals surface area contributed by atoms with Crippen molar-refractivity contribution in [3.05, 3.63) is 12.7 Å². The van der Waals surface area contributed by atoms with Gasteiger partial charge in [-0.25, -0.2) is 0 Å². The number of carbonyl (C=O) groups is 1. The van der Waals surface area contributed by atoms with Crippen LogP contribution in [0.2, 0.25) is 0 Å². The summed E-state index contributed by atoms with van der Waals surface area (Å²) < 4.78 is 0. The zero-order valence-electron chi connectivity index (χ0n) is 9.10. The molecule has 1 saturated heterocycles. The lowest BCUT2D eigenvalue weighted by Crippen LogP contribution is -2.46. The summed E-state index contributed by atoms with van der Waals surface area (Å²) in [4.78, 5) is 13.3. The number of nitrogens with one attached hydrogen (secondary N) is 1. The molecule has 6 heteroatoms. The van der Waals surface area contributed by atoms with E-state index >= 15 is 0 Å². The van der Waals surface area contributed by atoms with Gasteiger partial charge in [0.2, 0.25) is 5.91 Å². The van der Waals surface area contributed by atoms with Crippen molar-refractivity contribution in [2.75, 3.05) is 6.54 Å². The van der Waals surface area contributed by atoms with Crippen LogP contribution in [0.15, 0.2) is 12.7 Å². The molecule has 2 aliphatic rings. The molecule has 5 atom stereocenters. The van der Waals surface area contributed by atoms with Gasteiger partial charge >= 0.3 is 0 Å². The molecule has 1 saturated carbocycles. The summed E-state index contributed by atoms with van der Waals surface area (Å²) >= 11 is 0. The van der Waals surface area contributed by atoms with Crippen LogP contribution in [-0.4, -0.2) is 47.8 Å². The van der Waals surface area contributed by atoms with Crippen molar-refractivity contribution >= 4 is 23.1 Å². The van der Waals surface area contributed by atoms with E-state index in [2.05, 4.69) is 21.1 Å². The van der Waals surface area contributed by atoms with Gasteiger partial charge in [-0.15, -0.1) is 15.8 Å². The maximum atomic E-state index is 11.9. The minimum atomic E-state index is -0.504. The molecule has 0 bridgehead atoms. The molecule has 2 fully saturated rings. The van der Waals surface area contributed by atoms with E-state index in [-0.39, 0.29) is 11.2 Å². The highest BCUT2D eigenvalue weighted by atomic mass is 31.0. The van der Waals surface area contributed by atoms with E-state index in [9.17, 15) is 9.90 Å². The average Bonchev–Trinajstić information content (AvgIpc) is 2.71. The molecule has 1 aliphatic carbocycles. The molecule has 0 aromatic carbocycles. The Bertz CT molecular complexity index is 328. The maximum Gasteiger partial charge on any atom is 0.237 e. The van der Waals surface area contributed by atoms with E-state index in [4.69, 9.17) is 7.98 Å². The molecule has 0 spiro atoms. The number of carbonyl (C=O) groups excluding carboxylic acids is 1. The molecule has 4 nitrogen and oxygen atoms in total. The number of β-amino-alcohol motifs (C(OH)–C–C–N with tert-alkyl or cyclic N) is 1. The highest BCUT2D eigenvalue weighted by Crippen LogP contribution is 2.49. The van der Waals surface area contributed by atoms with E-state index in [0.29, 0.717) is 18.9 Å². The Labute approximate surface area is 99.1 Å². The Morgan fingerprint density at radius 3 is 2.88 bits per heavy atom. The first-order valence-corrected chi connectivity index (χ1v) is 5.97. The number of nitrogens with zero attached hydrogens (tertiary/aromatic N) is 1. The molecule has 0 aromatic heterocycles. The third kappa shape index (κ3) is 2.17. The first-order valence-electron chi connectivity index (χ1n) is 5.39. The molecular weight excluding hydrogens is 222 g/mol. The summed E-state index contributed by atoms with van der Waals surface area (Å²) in [5.74, 6) is 0.206. The zero-order valence-corrected chi connectivity index (χ0v) is 10.2. The maximum absolute atomic E-state index is 11.9. The van der Waals surface area contributed by atoms with Crippen LogP contribution >= 0.6 is 9.24 Å². The van der Waals surface area contributed by atoms with Crippen LogP contribution in [0.1, 0.15) is 12.8 Å². The van der Waals surface area contributed by atoms with Crippen molar-refractivity contribution in [3.63, 3.8) is 0 Å². The number of amides is 1. The fraction of sp³-hybridized carbons (Fsp3) is 0.700. The number of hydrogen-bond donors (Lipinski definition) is 2. The fourth-order valence-electron chi connectivity index (χ4n) is 2.15. The largest absolute Gasteiger partial charge is 0.392 e. The van der Waals surface area contributed by atoms with Gasteiger partial charge in [0.05, 0.1) is 17.4 Å². The van der Waals surface area contributed by atoms with Gasteiger partial charge in [-0.3, -0.25) is 4.79 Å². The highest BCUT2D eigenvalue weighted by molar-refractivity contribution is 7.19. The topological polar surface area (TPSA) is 52.6 Å². The van der Waals surface area contributed by atoms with E-state index in [0.717, 1.165) is 6.42 Å². The Morgan fingerprint density at radius 1 is 1.75 bits per heavy atom. The van der Waals surface area contributed by atoms with Gasteiger partial charge in [-0.1, -0.05) is 6.08 Å². The van der Waals surface area contributed by atoms with E-state index in [1.165, 1.54) is 4.81 Å². The minimum Gasteiger partial charge on any atom is -0.392 e. The summed E-state index contributed by atoms with van der Waals surface area (Å²) in [7, 11) is 8.32. The third-order valence-corrected chi connectivity index (χ3v) is 4.13. The van der Waals surface area contributed by atoms with E-state index < -0.39 is 12.1 Å². The standard InChI is InChI=1S/C10H16BN2O2P/c1-2-6-4-10(6,16)12-9(15)8-3-7(14)5-13(8)11/h2,6-8,14H,1,3-5,16H2,(H,12,15)/t6-,7-,8+,10+/m1/s1. The van der Waals surface area contributed by atoms with Gasteiger partial charge in [0, 0.05) is 12.5 Å². The summed E-state index contributed by atoms with van der Waals surface area (Å²) in [5, 5.41) is 12.1. The van der Waals surface area contributed by atoms with Gasteiger partial charge in [0.15, 0.2) is 7.98 Å². The second kappa shape index (κ2) is 4.13. The molecular formula is C10H16BN2O2P. The van der Waals surface area contributed by atoms with Gasteiger partial charge in [-0.05, 0) is 12.8 Å². The predicted molar refractivity (Wildman–Crippen MR) is 65.8 cm³/mol. The average molecular weight is 238 g/mol. The van der Waals surface area contributed by atoms with Gasteiger partial charge in [0.1, 0.15) is 0 Å². The summed E-state index contributed by atoms with van der Waals surface area (Å²) in [5.41, 5.74) is 0. The number of rotatable bonds is 3. The Morgan fingerprint density at radius 2 is 2.44 bits per heavy atom. The third-order valence-electron chi connectivity index (χ3n) is 3.32. The minimum absolute atomic E-state index is 0.113. The number of aliphatic hydroxyl groups is 1. The van der Waals surface area contributed by atoms with Crippen molar-refractivity contribution in [2.24, 2.45) is 5.92 Å². The molecule has 0 aromatic rings. The highest BCUT2D eigenvalue weighted by Gasteiger charge is 2.50. The molecule has 2 radical (unpaired) electrons. The number of hydrogen-bond acceptors (Lipinski definition) is 3. The van der Waals surface area contributed by atoms with E-state index in [1.807, 2.05) is 6.08 Å². The lowest BCUT2D eigenvalue weighted by Gasteiger charge is -2.22. The lowest BCUT2D eigenvalue weighted by molar-refractivity contribution is -0.124. The van der Waals surface area contributed by atoms with Crippen molar-refractivity contribution in [1.29, 1.82) is 0 Å². The smallest absolute Gasteiger partial charge is 0.237 e. The molecule has 16 heavy (non-hydrogen) atoms. The van der Waals surface area contributed by atoms with Crippen LogP contribution in [0, 0.1) is 5.92 Å². The molecule has 1 unspecified atom stereocenters. The van der Waals surface area contributed by atoms with Crippen LogP contribution < -0.4 is 5.32 Å². The normalized spacial score (nSPS) is 43.0. The second-order valence-corrected chi connectivity index (χ2v) is 5.71. The first kappa shape index (κ1) is 12.1. The van der Waals surface area contributed by atoms with Gasteiger partial charge < -0.3 is 15.2 Å². The van der Waals surface area contributed by atoms with Crippen LogP contribution in [0.4, 0.5) is 0 Å². The van der Waals surface area contributed by atoms with Gasteiger partial charge in [-0.2, -0.15) is 0 Å². The summed E-state index contributed by atoms with van der Waals surface area (Å²) in [6.07, 6.45) is 2.64. The van der Waals surface area contributed by atoms with Crippen molar-refractivity contribution in [1.82, 2.24) is 10.1 Å². The molecule has 1 aliphatic heterocycles. The van der Waals surface area contributed by atoms with Crippen LogP contribution in [-0.2, 0) is 4.79 Å². The monoisotopic (exact) mass is 238 g/mol. The van der Waals surface area contributed by atoms with Crippen molar-refractivity contribution in [3.8, 4) is 0 Å². The first-order chi connectivity index (χ1) is 7.46. The Balaban J connectivity index is 1.92. The molecule has 2 rings (SSSR count). The lowest BCUT2D eigenvalue weighted by atomic mass is 10.1. The SMILES string of the molecule is [B]N1C[C@H](O)C[C@H]1C(=O)N[C@]1(P)C[C@H]1C=C. The second-order valence-electron chi connectivity index (χ2n) is 4.68. The Kier molecular flexibility index (Phi) is 3.12. The molecule has 2 N–H and O–H groups in total. The quantitative estimate of drug-likeness (QED) is 0.392. The van der Waals surface area contributed by atoms with Crippen LogP contribution in [0.25, 0.3) is 0 Å². The number of aliphatic hydroxyl groups excluding tert-OH is 1.